The fraction of sp³-hybridized carbons (Fsp3) is 0.438. The van der Waals surface area contributed by atoms with E-state index in [1.165, 1.54) is 0 Å². The number of hydrogen-bond acceptors (Lipinski definition) is 5. The topological polar surface area (TPSA) is 89.7 Å². The first-order chi connectivity index (χ1) is 10.2. The monoisotopic (exact) mass is 304 g/mol. The quantitative estimate of drug-likeness (QED) is 0.669. The lowest BCUT2D eigenvalue weighted by Crippen LogP contribution is -2.41. The molecule has 0 bridgehead atoms. The van der Waals surface area contributed by atoms with Crippen molar-refractivity contribution in [2.24, 2.45) is 5.73 Å². The lowest BCUT2D eigenvalue weighted by Gasteiger charge is -2.23. The molecule has 1 aliphatic rings. The molecule has 1 aromatic rings. The van der Waals surface area contributed by atoms with Crippen LogP contribution in [0.1, 0.15) is 47.9 Å². The molecule has 1 atom stereocenters. The van der Waals surface area contributed by atoms with Crippen molar-refractivity contribution < 1.29 is 19.1 Å². The van der Waals surface area contributed by atoms with Crippen LogP contribution in [0, 0.1) is 0 Å². The number of benzene rings is 1. The molecule has 2 rings (SSSR count). The summed E-state index contributed by atoms with van der Waals surface area (Å²) in [6, 6.07) is 5.77. The van der Waals surface area contributed by atoms with Gasteiger partial charge in [-0.1, -0.05) is 12.1 Å². The minimum Gasteiger partial charge on any atom is -0.459 e. The highest BCUT2D eigenvalue weighted by molar-refractivity contribution is 6.21. The van der Waals surface area contributed by atoms with Gasteiger partial charge >= 0.3 is 5.97 Å². The van der Waals surface area contributed by atoms with Gasteiger partial charge in [-0.05, 0) is 39.3 Å². The van der Waals surface area contributed by atoms with E-state index in [2.05, 4.69) is 0 Å². The molecule has 6 heteroatoms. The summed E-state index contributed by atoms with van der Waals surface area (Å²) in [5.41, 5.74) is 5.93. The number of esters is 1. The van der Waals surface area contributed by atoms with Crippen LogP contribution in [-0.4, -0.2) is 40.9 Å². The van der Waals surface area contributed by atoms with Crippen molar-refractivity contribution in [3.8, 4) is 0 Å². The smallest absolute Gasteiger partial charge is 0.323 e. The Morgan fingerprint density at radius 1 is 1.18 bits per heavy atom. The molecule has 0 saturated heterocycles. The lowest BCUT2D eigenvalue weighted by atomic mass is 10.1. The molecule has 6 nitrogen and oxygen atoms in total. The molecule has 0 saturated carbocycles. The van der Waals surface area contributed by atoms with E-state index in [9.17, 15) is 14.4 Å². The van der Waals surface area contributed by atoms with Crippen molar-refractivity contribution in [2.45, 2.75) is 38.8 Å². The Morgan fingerprint density at radius 3 is 2.14 bits per heavy atom. The third kappa shape index (κ3) is 3.33. The molecule has 1 aliphatic heterocycles. The van der Waals surface area contributed by atoms with Crippen molar-refractivity contribution in [1.29, 1.82) is 0 Å². The number of amides is 2. The fourth-order valence-electron chi connectivity index (χ4n) is 2.21. The van der Waals surface area contributed by atoms with Gasteiger partial charge in [0, 0.05) is 6.54 Å². The maximum Gasteiger partial charge on any atom is 0.323 e. The maximum absolute atomic E-state index is 12.2. The zero-order chi connectivity index (χ0) is 16.5. The van der Waals surface area contributed by atoms with Gasteiger partial charge in [-0.15, -0.1) is 0 Å². The second kappa shape index (κ2) is 5.88. The second-order valence-electron chi connectivity index (χ2n) is 6.24. The van der Waals surface area contributed by atoms with E-state index in [1.807, 2.05) is 0 Å². The summed E-state index contributed by atoms with van der Waals surface area (Å²) in [6.45, 7) is 5.35. The predicted octanol–water partition coefficient (Wildman–Crippen LogP) is 1.34. The number of imide groups is 1. The zero-order valence-corrected chi connectivity index (χ0v) is 13.0. The Labute approximate surface area is 129 Å². The van der Waals surface area contributed by atoms with Crippen LogP contribution in [0.5, 0.6) is 0 Å². The number of hydrogen-bond donors (Lipinski definition) is 1. The summed E-state index contributed by atoms with van der Waals surface area (Å²) >= 11 is 0. The molecule has 0 fully saturated rings. The largest absolute Gasteiger partial charge is 0.459 e. The molecule has 0 aliphatic carbocycles. The van der Waals surface area contributed by atoms with Gasteiger partial charge < -0.3 is 10.5 Å². The highest BCUT2D eigenvalue weighted by atomic mass is 16.6. The molecule has 1 unspecified atom stereocenters. The molecule has 2 N–H and O–H groups in total. The summed E-state index contributed by atoms with van der Waals surface area (Å²) in [5, 5.41) is 0. The van der Waals surface area contributed by atoms with Crippen molar-refractivity contribution in [3.63, 3.8) is 0 Å². The molecular weight excluding hydrogens is 284 g/mol. The Balaban J connectivity index is 1.97. The highest BCUT2D eigenvalue weighted by Gasteiger charge is 2.35. The standard InChI is InChI=1S/C16H20N2O4/c1-16(2,3)22-15(21)12(17)8-9-18-13(19)10-6-4-5-7-11(10)14(18)20/h4-7,12H,8-9,17H2,1-3H3. The maximum atomic E-state index is 12.2. The van der Waals surface area contributed by atoms with Crippen LogP contribution in [0.4, 0.5) is 0 Å². The average molecular weight is 304 g/mol. The van der Waals surface area contributed by atoms with Crippen molar-refractivity contribution in [2.75, 3.05) is 6.54 Å². The van der Waals surface area contributed by atoms with Crippen LogP contribution in [0.15, 0.2) is 24.3 Å². The van der Waals surface area contributed by atoms with E-state index in [0.717, 1.165) is 4.90 Å². The third-order valence-electron chi connectivity index (χ3n) is 3.25. The van der Waals surface area contributed by atoms with Gasteiger partial charge in [0.05, 0.1) is 11.1 Å². The zero-order valence-electron chi connectivity index (χ0n) is 13.0. The van der Waals surface area contributed by atoms with Crippen LogP contribution in [-0.2, 0) is 9.53 Å². The first-order valence-corrected chi connectivity index (χ1v) is 7.14. The van der Waals surface area contributed by atoms with E-state index in [1.54, 1.807) is 45.0 Å². The third-order valence-corrected chi connectivity index (χ3v) is 3.25. The summed E-state index contributed by atoms with van der Waals surface area (Å²) in [5.74, 6) is -1.24. The Hall–Kier alpha value is -2.21. The molecule has 1 heterocycles. The van der Waals surface area contributed by atoms with Gasteiger partial charge in [-0.2, -0.15) is 0 Å². The van der Waals surface area contributed by atoms with Gasteiger partial charge in [-0.3, -0.25) is 19.3 Å². The Bertz CT molecular complexity index is 584. The summed E-state index contributed by atoms with van der Waals surface area (Å²) < 4.78 is 5.18. The molecule has 0 aromatic heterocycles. The minimum atomic E-state index is -0.872. The van der Waals surface area contributed by atoms with Crippen molar-refractivity contribution in [1.82, 2.24) is 4.90 Å². The molecule has 2 amide bonds. The van der Waals surface area contributed by atoms with E-state index in [0.29, 0.717) is 11.1 Å². The van der Waals surface area contributed by atoms with Crippen LogP contribution in [0.3, 0.4) is 0 Å². The van der Waals surface area contributed by atoms with Gasteiger partial charge in [0.2, 0.25) is 0 Å². The lowest BCUT2D eigenvalue weighted by molar-refractivity contribution is -0.156. The summed E-state index contributed by atoms with van der Waals surface area (Å²) in [6.07, 6.45) is 0.167. The van der Waals surface area contributed by atoms with Crippen LogP contribution in [0.25, 0.3) is 0 Å². The number of fused-ring (bicyclic) bond motifs is 1. The number of nitrogens with two attached hydrogens (primary N) is 1. The average Bonchev–Trinajstić information content (AvgIpc) is 2.67. The Kier molecular flexibility index (Phi) is 4.32. The van der Waals surface area contributed by atoms with Crippen LogP contribution >= 0.6 is 0 Å². The fourth-order valence-corrected chi connectivity index (χ4v) is 2.21. The number of carbonyl (C=O) groups is 3. The number of carbonyl (C=O) groups excluding carboxylic acids is 3. The van der Waals surface area contributed by atoms with E-state index >= 15 is 0 Å². The van der Waals surface area contributed by atoms with Crippen LogP contribution < -0.4 is 5.73 Å². The number of nitrogens with zero attached hydrogens (tertiary/aromatic N) is 1. The minimum absolute atomic E-state index is 0.0900. The van der Waals surface area contributed by atoms with Gasteiger partial charge in [0.25, 0.3) is 11.8 Å². The molecule has 22 heavy (non-hydrogen) atoms. The molecule has 0 spiro atoms. The van der Waals surface area contributed by atoms with Gasteiger partial charge in [0.15, 0.2) is 0 Å². The first-order valence-electron chi connectivity index (χ1n) is 7.14. The number of rotatable bonds is 4. The molecule has 118 valence electrons. The van der Waals surface area contributed by atoms with E-state index < -0.39 is 17.6 Å². The van der Waals surface area contributed by atoms with Crippen LogP contribution in [0.2, 0.25) is 0 Å². The molecular formula is C16H20N2O4. The predicted molar refractivity (Wildman–Crippen MR) is 80.2 cm³/mol. The Morgan fingerprint density at radius 2 is 1.68 bits per heavy atom. The highest BCUT2D eigenvalue weighted by Crippen LogP contribution is 2.22. The van der Waals surface area contributed by atoms with Crippen molar-refractivity contribution >= 4 is 17.8 Å². The summed E-state index contributed by atoms with van der Waals surface area (Å²) in [4.78, 5) is 37.3. The van der Waals surface area contributed by atoms with Gasteiger partial charge in [0.1, 0.15) is 11.6 Å². The number of ether oxygens (including phenoxy) is 1. The molecule has 0 radical (unpaired) electrons. The first kappa shape index (κ1) is 16.2. The van der Waals surface area contributed by atoms with Crippen molar-refractivity contribution in [3.05, 3.63) is 35.4 Å². The SMILES string of the molecule is CC(C)(C)OC(=O)C(N)CCN1C(=O)c2ccccc2C1=O. The molecule has 1 aromatic carbocycles. The van der Waals surface area contributed by atoms with Gasteiger partial charge in [-0.25, -0.2) is 0 Å². The summed E-state index contributed by atoms with van der Waals surface area (Å²) in [7, 11) is 0. The van der Waals surface area contributed by atoms with E-state index in [4.69, 9.17) is 10.5 Å². The second-order valence-corrected chi connectivity index (χ2v) is 6.24. The normalized spacial score (nSPS) is 15.7. The van der Waals surface area contributed by atoms with E-state index in [-0.39, 0.29) is 24.8 Å².